The number of nitrogens with one attached hydrogen (secondary N) is 1. The second-order valence-electron chi connectivity index (χ2n) is 5.62. The topological polar surface area (TPSA) is 15.3 Å². The molecule has 0 radical (unpaired) electrons. The van der Waals surface area contributed by atoms with Crippen LogP contribution in [0.4, 0.5) is 0 Å². The van der Waals surface area contributed by atoms with Gasteiger partial charge in [-0.25, -0.2) is 0 Å². The fourth-order valence-electron chi connectivity index (χ4n) is 2.88. The van der Waals surface area contributed by atoms with E-state index in [2.05, 4.69) is 23.3 Å². The molecular formula is C15H26N2S. The van der Waals surface area contributed by atoms with Gasteiger partial charge in [-0.3, -0.25) is 0 Å². The molecule has 2 rings (SSSR count). The maximum atomic E-state index is 5.46. The van der Waals surface area contributed by atoms with E-state index in [1.165, 1.54) is 63.6 Å². The second-order valence-corrected chi connectivity index (χ2v) is 6.03. The van der Waals surface area contributed by atoms with E-state index in [4.69, 9.17) is 12.2 Å². The first kappa shape index (κ1) is 13.9. The average Bonchev–Trinajstić information content (AvgIpc) is 2.72. The minimum absolute atomic E-state index is 0.597. The first-order valence-electron chi connectivity index (χ1n) is 7.55. The third kappa shape index (κ3) is 3.98. The molecule has 102 valence electrons. The van der Waals surface area contributed by atoms with Gasteiger partial charge in [0, 0.05) is 30.9 Å². The van der Waals surface area contributed by atoms with Gasteiger partial charge in [0.15, 0.2) is 0 Å². The Bertz CT molecular complexity index is 306. The van der Waals surface area contributed by atoms with Crippen LogP contribution in [0.3, 0.4) is 0 Å². The highest BCUT2D eigenvalue weighted by atomic mass is 32.1. The molecule has 2 fully saturated rings. The smallest absolute Gasteiger partial charge is 0.104 e. The number of thiocarbonyl (C=S) groups is 1. The SMILES string of the molecule is CCCCCC1CC(=CN2CCCCC2)C(=S)N1. The van der Waals surface area contributed by atoms with E-state index in [1.54, 1.807) is 0 Å². The summed E-state index contributed by atoms with van der Waals surface area (Å²) in [6.45, 7) is 4.69. The van der Waals surface area contributed by atoms with Crippen LogP contribution in [0.25, 0.3) is 0 Å². The molecule has 0 aromatic rings. The summed E-state index contributed by atoms with van der Waals surface area (Å²) in [5.74, 6) is 0. The molecule has 2 aliphatic heterocycles. The fourth-order valence-corrected chi connectivity index (χ4v) is 3.18. The molecule has 0 aromatic carbocycles. The predicted octanol–water partition coefficient (Wildman–Crippen LogP) is 3.63. The van der Waals surface area contributed by atoms with Gasteiger partial charge < -0.3 is 10.2 Å². The lowest BCUT2D eigenvalue weighted by atomic mass is 10.1. The Morgan fingerprint density at radius 2 is 2.06 bits per heavy atom. The van der Waals surface area contributed by atoms with Crippen molar-refractivity contribution in [3.05, 3.63) is 11.8 Å². The number of unbranched alkanes of at least 4 members (excludes halogenated alkanes) is 2. The van der Waals surface area contributed by atoms with Gasteiger partial charge in [0.2, 0.25) is 0 Å². The van der Waals surface area contributed by atoms with E-state index in [9.17, 15) is 0 Å². The third-order valence-corrected chi connectivity index (χ3v) is 4.36. The second kappa shape index (κ2) is 7.13. The molecule has 2 saturated heterocycles. The van der Waals surface area contributed by atoms with Gasteiger partial charge in [0.25, 0.3) is 0 Å². The molecule has 0 aliphatic carbocycles. The summed E-state index contributed by atoms with van der Waals surface area (Å²) in [6, 6.07) is 0.597. The van der Waals surface area contributed by atoms with Crippen LogP contribution in [0, 0.1) is 0 Å². The van der Waals surface area contributed by atoms with E-state index < -0.39 is 0 Å². The molecule has 0 saturated carbocycles. The minimum Gasteiger partial charge on any atom is -0.377 e. The number of nitrogens with zero attached hydrogens (tertiary/aromatic N) is 1. The quantitative estimate of drug-likeness (QED) is 0.465. The lowest BCUT2D eigenvalue weighted by Gasteiger charge is -2.25. The molecule has 0 bridgehead atoms. The Hall–Kier alpha value is -0.570. The van der Waals surface area contributed by atoms with Crippen molar-refractivity contribution in [2.45, 2.75) is 64.3 Å². The summed E-state index contributed by atoms with van der Waals surface area (Å²) in [7, 11) is 0. The van der Waals surface area contributed by atoms with Crippen LogP contribution in [0.1, 0.15) is 58.3 Å². The summed E-state index contributed by atoms with van der Waals surface area (Å²) in [6.07, 6.45) is 12.8. The van der Waals surface area contributed by atoms with Crippen LogP contribution >= 0.6 is 12.2 Å². The molecule has 3 heteroatoms. The maximum absolute atomic E-state index is 5.46. The van der Waals surface area contributed by atoms with E-state index in [-0.39, 0.29) is 0 Å². The molecule has 0 spiro atoms. The average molecular weight is 266 g/mol. The van der Waals surface area contributed by atoms with Gasteiger partial charge in [-0.15, -0.1) is 0 Å². The van der Waals surface area contributed by atoms with Crippen molar-refractivity contribution in [1.29, 1.82) is 0 Å². The van der Waals surface area contributed by atoms with E-state index in [0.717, 1.165) is 11.4 Å². The lowest BCUT2D eigenvalue weighted by Crippen LogP contribution is -2.26. The Balaban J connectivity index is 1.82. The Labute approximate surface area is 117 Å². The first-order valence-corrected chi connectivity index (χ1v) is 7.96. The van der Waals surface area contributed by atoms with E-state index in [1.807, 2.05) is 0 Å². The van der Waals surface area contributed by atoms with Gasteiger partial charge in [0.1, 0.15) is 4.99 Å². The highest BCUT2D eigenvalue weighted by Gasteiger charge is 2.23. The summed E-state index contributed by atoms with van der Waals surface area (Å²) >= 11 is 5.46. The molecule has 2 heterocycles. The number of piperidine rings is 1. The van der Waals surface area contributed by atoms with Gasteiger partial charge in [-0.05, 0) is 32.1 Å². The zero-order valence-electron chi connectivity index (χ0n) is 11.6. The highest BCUT2D eigenvalue weighted by molar-refractivity contribution is 7.80. The van der Waals surface area contributed by atoms with Crippen LogP contribution in [0.2, 0.25) is 0 Å². The molecule has 1 N–H and O–H groups in total. The molecule has 2 nitrogen and oxygen atoms in total. The zero-order valence-corrected chi connectivity index (χ0v) is 12.4. The van der Waals surface area contributed by atoms with Crippen molar-refractivity contribution in [3.63, 3.8) is 0 Å². The van der Waals surface area contributed by atoms with Crippen LogP contribution in [0.5, 0.6) is 0 Å². The van der Waals surface area contributed by atoms with Gasteiger partial charge in [-0.1, -0.05) is 38.4 Å². The molecule has 1 atom stereocenters. The van der Waals surface area contributed by atoms with Crippen molar-refractivity contribution in [1.82, 2.24) is 10.2 Å². The van der Waals surface area contributed by atoms with Crippen molar-refractivity contribution in [2.75, 3.05) is 13.1 Å². The highest BCUT2D eigenvalue weighted by Crippen LogP contribution is 2.22. The third-order valence-electron chi connectivity index (χ3n) is 3.98. The van der Waals surface area contributed by atoms with Crippen LogP contribution in [0.15, 0.2) is 11.8 Å². The van der Waals surface area contributed by atoms with Crippen molar-refractivity contribution in [2.24, 2.45) is 0 Å². The molecule has 18 heavy (non-hydrogen) atoms. The van der Waals surface area contributed by atoms with Crippen LogP contribution < -0.4 is 5.32 Å². The summed E-state index contributed by atoms with van der Waals surface area (Å²) in [5.41, 5.74) is 1.37. The van der Waals surface area contributed by atoms with Gasteiger partial charge >= 0.3 is 0 Å². The van der Waals surface area contributed by atoms with Gasteiger partial charge in [-0.2, -0.15) is 0 Å². The Morgan fingerprint density at radius 3 is 2.78 bits per heavy atom. The summed E-state index contributed by atoms with van der Waals surface area (Å²) < 4.78 is 0. The maximum Gasteiger partial charge on any atom is 0.104 e. The molecule has 2 aliphatic rings. The standard InChI is InChI=1S/C15H26N2S/c1-2-3-5-8-14-11-13(15(18)16-14)12-17-9-6-4-7-10-17/h12,14H,2-11H2,1H3,(H,16,18). The van der Waals surface area contributed by atoms with Crippen LogP contribution in [-0.4, -0.2) is 29.0 Å². The lowest BCUT2D eigenvalue weighted by molar-refractivity contribution is 0.308. The first-order chi connectivity index (χ1) is 8.79. The fraction of sp³-hybridized carbons (Fsp3) is 0.800. The largest absolute Gasteiger partial charge is 0.377 e. The predicted molar refractivity (Wildman–Crippen MR) is 81.8 cm³/mol. The van der Waals surface area contributed by atoms with E-state index in [0.29, 0.717) is 6.04 Å². The minimum atomic E-state index is 0.597. The zero-order chi connectivity index (χ0) is 12.8. The van der Waals surface area contributed by atoms with Gasteiger partial charge in [0.05, 0.1) is 0 Å². The molecular weight excluding hydrogens is 240 g/mol. The number of hydrogen-bond donors (Lipinski definition) is 1. The Morgan fingerprint density at radius 1 is 1.28 bits per heavy atom. The van der Waals surface area contributed by atoms with Crippen LogP contribution in [-0.2, 0) is 0 Å². The summed E-state index contributed by atoms with van der Waals surface area (Å²) in [4.78, 5) is 3.46. The number of rotatable bonds is 5. The van der Waals surface area contributed by atoms with Crippen molar-refractivity contribution in [3.8, 4) is 0 Å². The normalized spacial score (nSPS) is 26.7. The Kier molecular flexibility index (Phi) is 5.48. The van der Waals surface area contributed by atoms with E-state index >= 15 is 0 Å². The molecule has 0 amide bonds. The number of likely N-dealkylation sites (tertiary alicyclic amines) is 1. The number of hydrogen-bond acceptors (Lipinski definition) is 2. The van der Waals surface area contributed by atoms with Crippen molar-refractivity contribution < 1.29 is 0 Å². The molecule has 1 unspecified atom stereocenters. The monoisotopic (exact) mass is 266 g/mol. The molecule has 0 aromatic heterocycles. The van der Waals surface area contributed by atoms with Crippen molar-refractivity contribution >= 4 is 17.2 Å². The summed E-state index contributed by atoms with van der Waals surface area (Å²) in [5, 5.41) is 3.49.